The highest BCUT2D eigenvalue weighted by atomic mass is 35.5. The second-order valence-corrected chi connectivity index (χ2v) is 8.34. The van der Waals surface area contributed by atoms with Crippen LogP contribution in [0, 0.1) is 12.7 Å². The molecule has 32 heavy (non-hydrogen) atoms. The van der Waals surface area contributed by atoms with Crippen LogP contribution in [0.25, 0.3) is 22.0 Å². The molecular weight excluding hydrogens is 429 g/mol. The van der Waals surface area contributed by atoms with Crippen LogP contribution in [0.2, 0.25) is 5.02 Å². The molecule has 0 unspecified atom stereocenters. The molecule has 0 spiro atoms. The van der Waals surface area contributed by atoms with Gasteiger partial charge in [-0.2, -0.15) is 0 Å². The van der Waals surface area contributed by atoms with Crippen molar-refractivity contribution in [1.82, 2.24) is 4.57 Å². The second-order valence-electron chi connectivity index (χ2n) is 7.94. The summed E-state index contributed by atoms with van der Waals surface area (Å²) >= 11 is 6.10. The maximum absolute atomic E-state index is 14.4. The van der Waals surface area contributed by atoms with Crippen LogP contribution in [-0.4, -0.2) is 10.5 Å². The van der Waals surface area contributed by atoms with Crippen LogP contribution in [0.1, 0.15) is 27.9 Å². The van der Waals surface area contributed by atoms with Gasteiger partial charge < -0.3 is 9.30 Å². The van der Waals surface area contributed by atoms with E-state index in [9.17, 15) is 14.0 Å². The predicted molar refractivity (Wildman–Crippen MR) is 123 cm³/mol. The van der Waals surface area contributed by atoms with Crippen molar-refractivity contribution in [3.8, 4) is 16.9 Å². The number of halogens is 2. The summed E-state index contributed by atoms with van der Waals surface area (Å²) in [6, 6.07) is 17.0. The van der Waals surface area contributed by atoms with Crippen LogP contribution >= 0.6 is 11.6 Å². The summed E-state index contributed by atoms with van der Waals surface area (Å²) in [4.78, 5) is 26.7. The van der Waals surface area contributed by atoms with Crippen molar-refractivity contribution < 1.29 is 13.9 Å². The van der Waals surface area contributed by atoms with Crippen molar-refractivity contribution in [2.45, 2.75) is 26.3 Å². The van der Waals surface area contributed by atoms with Crippen LogP contribution < -0.4 is 10.3 Å². The van der Waals surface area contributed by atoms with E-state index in [1.165, 1.54) is 12.1 Å². The summed E-state index contributed by atoms with van der Waals surface area (Å²) in [6.45, 7) is 2.54. The Hall–Kier alpha value is -3.44. The van der Waals surface area contributed by atoms with Gasteiger partial charge in [0, 0.05) is 11.9 Å². The number of benzene rings is 3. The van der Waals surface area contributed by atoms with Gasteiger partial charge in [0.15, 0.2) is 5.75 Å². The van der Waals surface area contributed by atoms with Crippen molar-refractivity contribution in [2.75, 3.05) is 0 Å². The van der Waals surface area contributed by atoms with E-state index in [4.69, 9.17) is 16.3 Å². The minimum atomic E-state index is -0.941. The molecule has 0 bridgehead atoms. The molecule has 1 aliphatic rings. The fourth-order valence-corrected chi connectivity index (χ4v) is 4.69. The zero-order valence-electron chi connectivity index (χ0n) is 17.3. The van der Waals surface area contributed by atoms with Gasteiger partial charge in [-0.25, -0.2) is 9.18 Å². The predicted octanol–water partition coefficient (Wildman–Crippen LogP) is 5.93. The van der Waals surface area contributed by atoms with Gasteiger partial charge in [-0.1, -0.05) is 54.1 Å². The molecule has 4 nitrogen and oxygen atoms in total. The molecule has 6 heteroatoms. The summed E-state index contributed by atoms with van der Waals surface area (Å²) in [6.07, 6.45) is 1.68. The number of pyridine rings is 1. The van der Waals surface area contributed by atoms with Crippen molar-refractivity contribution in [3.63, 3.8) is 0 Å². The van der Waals surface area contributed by atoms with E-state index in [0.717, 1.165) is 35.6 Å². The van der Waals surface area contributed by atoms with Crippen LogP contribution in [0.15, 0.2) is 65.5 Å². The van der Waals surface area contributed by atoms with E-state index in [2.05, 4.69) is 6.07 Å². The number of nitrogens with zero attached hydrogens (tertiary/aromatic N) is 1. The molecule has 0 amide bonds. The molecule has 0 atom stereocenters. The Morgan fingerprint density at radius 1 is 1.09 bits per heavy atom. The van der Waals surface area contributed by atoms with Crippen LogP contribution in [0.3, 0.4) is 0 Å². The second kappa shape index (κ2) is 7.92. The van der Waals surface area contributed by atoms with Gasteiger partial charge in [-0.15, -0.1) is 0 Å². The smallest absolute Gasteiger partial charge is 0.348 e. The molecule has 3 aromatic carbocycles. The first-order chi connectivity index (χ1) is 15.5. The molecule has 5 rings (SSSR count). The van der Waals surface area contributed by atoms with Gasteiger partial charge in [-0.05, 0) is 54.7 Å². The third-order valence-corrected chi connectivity index (χ3v) is 6.10. The third-order valence-electron chi connectivity index (χ3n) is 5.79. The fourth-order valence-electron chi connectivity index (χ4n) is 4.45. The van der Waals surface area contributed by atoms with Crippen molar-refractivity contribution in [1.29, 1.82) is 0 Å². The summed E-state index contributed by atoms with van der Waals surface area (Å²) < 4.78 is 22.0. The Balaban J connectivity index is 1.83. The van der Waals surface area contributed by atoms with Crippen LogP contribution in [0.4, 0.5) is 4.39 Å². The highest BCUT2D eigenvalue weighted by molar-refractivity contribution is 6.33. The maximum atomic E-state index is 14.4. The molecule has 0 saturated heterocycles. The first kappa shape index (κ1) is 20.5. The molecule has 1 aromatic heterocycles. The number of aryl methyl sites for hydroxylation is 3. The number of hydrogen-bond acceptors (Lipinski definition) is 3. The quantitative estimate of drug-likeness (QED) is 0.365. The van der Waals surface area contributed by atoms with Crippen LogP contribution in [-0.2, 0) is 13.0 Å². The number of esters is 1. The Labute approximate surface area is 188 Å². The molecule has 4 aromatic rings. The minimum absolute atomic E-state index is 0.0492. The van der Waals surface area contributed by atoms with Gasteiger partial charge in [0.1, 0.15) is 11.4 Å². The Morgan fingerprint density at radius 2 is 1.88 bits per heavy atom. The zero-order chi connectivity index (χ0) is 22.4. The highest BCUT2D eigenvalue weighted by Crippen LogP contribution is 2.38. The molecule has 0 radical (unpaired) electrons. The number of hydrogen-bond donors (Lipinski definition) is 0. The molecule has 0 N–H and O–H groups in total. The molecule has 0 fully saturated rings. The zero-order valence-corrected chi connectivity index (χ0v) is 18.1. The molecule has 1 aliphatic heterocycles. The largest absolute Gasteiger partial charge is 0.421 e. The minimum Gasteiger partial charge on any atom is -0.421 e. The lowest BCUT2D eigenvalue weighted by Gasteiger charge is -2.24. The van der Waals surface area contributed by atoms with Crippen molar-refractivity contribution >= 4 is 28.5 Å². The molecule has 2 heterocycles. The summed E-state index contributed by atoms with van der Waals surface area (Å²) in [5.41, 5.74) is 3.08. The first-order valence-corrected chi connectivity index (χ1v) is 10.7. The van der Waals surface area contributed by atoms with E-state index in [0.29, 0.717) is 17.5 Å². The van der Waals surface area contributed by atoms with Crippen molar-refractivity contribution in [3.05, 3.63) is 98.5 Å². The maximum Gasteiger partial charge on any atom is 0.348 e. The van der Waals surface area contributed by atoms with E-state index >= 15 is 0 Å². The van der Waals surface area contributed by atoms with Gasteiger partial charge in [0.25, 0.3) is 5.56 Å². The monoisotopic (exact) mass is 447 g/mol. The molecule has 0 aliphatic carbocycles. The van der Waals surface area contributed by atoms with Gasteiger partial charge in [0.05, 0.1) is 16.1 Å². The van der Waals surface area contributed by atoms with Gasteiger partial charge in [-0.3, -0.25) is 4.79 Å². The highest BCUT2D eigenvalue weighted by Gasteiger charge is 2.27. The SMILES string of the molecule is Cc1cc2c3c(c1)c(OC(=O)c1c(F)cccc1Cl)c(-c1ccccc1)c(=O)n3CCC2. The van der Waals surface area contributed by atoms with Crippen LogP contribution in [0.5, 0.6) is 5.75 Å². The average Bonchev–Trinajstić information content (AvgIpc) is 2.77. The topological polar surface area (TPSA) is 48.3 Å². The Kier molecular flexibility index (Phi) is 5.06. The molecule has 160 valence electrons. The lowest BCUT2D eigenvalue weighted by molar-refractivity contribution is 0.0733. The van der Waals surface area contributed by atoms with Crippen molar-refractivity contribution in [2.24, 2.45) is 0 Å². The summed E-state index contributed by atoms with van der Waals surface area (Å²) in [5, 5.41) is 0.603. The first-order valence-electron chi connectivity index (χ1n) is 10.4. The Bertz CT molecular complexity index is 1420. The van der Waals surface area contributed by atoms with E-state index < -0.39 is 11.8 Å². The van der Waals surface area contributed by atoms with Gasteiger partial charge >= 0.3 is 5.97 Å². The van der Waals surface area contributed by atoms with Gasteiger partial charge in [0.2, 0.25) is 0 Å². The number of ether oxygens (including phenoxy) is 1. The number of carbonyl (C=O) groups excluding carboxylic acids is 1. The van der Waals surface area contributed by atoms with E-state index in [1.54, 1.807) is 16.7 Å². The normalized spacial score (nSPS) is 12.7. The van der Waals surface area contributed by atoms with E-state index in [-0.39, 0.29) is 27.5 Å². The molecule has 0 saturated carbocycles. The third kappa shape index (κ3) is 3.30. The number of carbonyl (C=O) groups is 1. The summed E-state index contributed by atoms with van der Waals surface area (Å²) in [7, 11) is 0. The fraction of sp³-hybridized carbons (Fsp3) is 0.154. The average molecular weight is 448 g/mol. The molecular formula is C26H19ClFNO3. The lowest BCUT2D eigenvalue weighted by Crippen LogP contribution is -2.27. The number of aromatic nitrogens is 1. The summed E-state index contributed by atoms with van der Waals surface area (Å²) in [5.74, 6) is -1.59. The lowest BCUT2D eigenvalue weighted by atomic mass is 9.95. The van der Waals surface area contributed by atoms with E-state index in [1.807, 2.05) is 31.2 Å². The standard InChI is InChI=1S/C26H19ClFNO3/c1-15-13-17-9-6-12-29-23(17)18(14-15)24(21(25(29)30)16-7-3-2-4-8-16)32-26(31)22-19(27)10-5-11-20(22)28/h2-5,7-8,10-11,13-14H,6,9,12H2,1H3. The number of rotatable bonds is 3. The Morgan fingerprint density at radius 3 is 2.62 bits per heavy atom.